The first-order valence-electron chi connectivity index (χ1n) is 7.56. The minimum absolute atomic E-state index is 0.139. The lowest BCUT2D eigenvalue weighted by molar-refractivity contribution is -0.115. The molecule has 3 rings (SSSR count). The van der Waals surface area contributed by atoms with Gasteiger partial charge >= 0.3 is 0 Å². The number of amides is 1. The molecular weight excluding hydrogens is 304 g/mol. The molecule has 5 nitrogen and oxygen atoms in total. The number of hydrogen-bond acceptors (Lipinski definition) is 4. The van der Waals surface area contributed by atoms with E-state index in [1.807, 2.05) is 30.3 Å². The van der Waals surface area contributed by atoms with Crippen LogP contribution in [0.5, 0.6) is 11.5 Å². The molecule has 1 N–H and O–H groups in total. The lowest BCUT2D eigenvalue weighted by atomic mass is 10.1. The summed E-state index contributed by atoms with van der Waals surface area (Å²) in [6, 6.07) is 15.0. The summed E-state index contributed by atoms with van der Waals surface area (Å²) >= 11 is 0. The molecule has 0 aliphatic carbocycles. The Bertz CT molecular complexity index is 872. The normalized spacial score (nSPS) is 10.4. The summed E-state index contributed by atoms with van der Waals surface area (Å²) in [4.78, 5) is 16.8. The molecule has 0 aliphatic rings. The smallest absolute Gasteiger partial charge is 0.228 e. The minimum Gasteiger partial charge on any atom is -0.497 e. The number of methoxy groups -OCH3 is 2. The predicted molar refractivity (Wildman–Crippen MR) is 93.6 cm³/mol. The number of carbonyl (C=O) groups excluding carboxylic acids is 1. The molecule has 0 atom stereocenters. The predicted octanol–water partition coefficient (Wildman–Crippen LogP) is 3.43. The van der Waals surface area contributed by atoms with Crippen LogP contribution in [0.15, 0.2) is 54.7 Å². The SMILES string of the molecule is COc1ccc(OC)c(NC(=O)Cc2cccc3cccnc23)c1. The number of ether oxygens (including phenoxy) is 2. The number of para-hydroxylation sites is 1. The van der Waals surface area contributed by atoms with Crippen molar-refractivity contribution < 1.29 is 14.3 Å². The number of pyridine rings is 1. The molecule has 0 unspecified atom stereocenters. The van der Waals surface area contributed by atoms with Gasteiger partial charge in [0.15, 0.2) is 0 Å². The molecule has 0 radical (unpaired) electrons. The minimum atomic E-state index is -0.139. The highest BCUT2D eigenvalue weighted by molar-refractivity contribution is 5.96. The molecule has 24 heavy (non-hydrogen) atoms. The molecule has 0 bridgehead atoms. The molecule has 3 aromatic rings. The molecule has 1 heterocycles. The van der Waals surface area contributed by atoms with Crippen LogP contribution in [0.1, 0.15) is 5.56 Å². The van der Waals surface area contributed by atoms with E-state index in [1.165, 1.54) is 0 Å². The van der Waals surface area contributed by atoms with Gasteiger partial charge in [0.1, 0.15) is 11.5 Å². The highest BCUT2D eigenvalue weighted by Crippen LogP contribution is 2.29. The van der Waals surface area contributed by atoms with Crippen molar-refractivity contribution in [3.05, 3.63) is 60.3 Å². The van der Waals surface area contributed by atoms with Gasteiger partial charge in [-0.3, -0.25) is 9.78 Å². The average Bonchev–Trinajstić information content (AvgIpc) is 2.62. The average molecular weight is 322 g/mol. The van der Waals surface area contributed by atoms with Gasteiger partial charge in [0, 0.05) is 17.6 Å². The summed E-state index contributed by atoms with van der Waals surface area (Å²) in [7, 11) is 3.14. The van der Waals surface area contributed by atoms with Crippen LogP contribution in [0.25, 0.3) is 10.9 Å². The van der Waals surface area contributed by atoms with Gasteiger partial charge in [0.25, 0.3) is 0 Å². The molecule has 0 fully saturated rings. The molecule has 0 spiro atoms. The highest BCUT2D eigenvalue weighted by Gasteiger charge is 2.11. The van der Waals surface area contributed by atoms with Crippen molar-refractivity contribution in [1.29, 1.82) is 0 Å². The Morgan fingerprint density at radius 3 is 2.71 bits per heavy atom. The summed E-state index contributed by atoms with van der Waals surface area (Å²) in [5, 5.41) is 3.89. The first kappa shape index (κ1) is 15.8. The van der Waals surface area contributed by atoms with Crippen LogP contribution in [0, 0.1) is 0 Å². The Balaban J connectivity index is 1.83. The topological polar surface area (TPSA) is 60.5 Å². The van der Waals surface area contributed by atoms with Crippen molar-refractivity contribution in [2.45, 2.75) is 6.42 Å². The largest absolute Gasteiger partial charge is 0.497 e. The van der Waals surface area contributed by atoms with Crippen molar-refractivity contribution >= 4 is 22.5 Å². The van der Waals surface area contributed by atoms with E-state index in [-0.39, 0.29) is 12.3 Å². The van der Waals surface area contributed by atoms with Gasteiger partial charge in [0.2, 0.25) is 5.91 Å². The maximum atomic E-state index is 12.5. The Hall–Kier alpha value is -3.08. The van der Waals surface area contributed by atoms with E-state index in [1.54, 1.807) is 38.6 Å². The summed E-state index contributed by atoms with van der Waals surface area (Å²) < 4.78 is 10.5. The number of rotatable bonds is 5. The molecule has 1 aromatic heterocycles. The lowest BCUT2D eigenvalue weighted by Gasteiger charge is -2.12. The second-order valence-electron chi connectivity index (χ2n) is 5.28. The van der Waals surface area contributed by atoms with Crippen molar-refractivity contribution in [1.82, 2.24) is 4.98 Å². The molecule has 122 valence electrons. The maximum absolute atomic E-state index is 12.5. The van der Waals surface area contributed by atoms with Crippen molar-refractivity contribution in [3.8, 4) is 11.5 Å². The third kappa shape index (κ3) is 3.30. The van der Waals surface area contributed by atoms with Crippen LogP contribution in [0.3, 0.4) is 0 Å². The number of carbonyl (C=O) groups is 1. The van der Waals surface area contributed by atoms with Crippen LogP contribution < -0.4 is 14.8 Å². The van der Waals surface area contributed by atoms with E-state index >= 15 is 0 Å². The molecule has 2 aromatic carbocycles. The maximum Gasteiger partial charge on any atom is 0.228 e. The number of anilines is 1. The van der Waals surface area contributed by atoms with E-state index in [0.717, 1.165) is 16.5 Å². The van der Waals surface area contributed by atoms with Gasteiger partial charge in [-0.2, -0.15) is 0 Å². The van der Waals surface area contributed by atoms with E-state index in [9.17, 15) is 4.79 Å². The molecule has 5 heteroatoms. The first-order valence-corrected chi connectivity index (χ1v) is 7.56. The highest BCUT2D eigenvalue weighted by atomic mass is 16.5. The quantitative estimate of drug-likeness (QED) is 0.782. The Labute approximate surface area is 140 Å². The van der Waals surface area contributed by atoms with Crippen LogP contribution in [-0.2, 0) is 11.2 Å². The number of hydrogen-bond donors (Lipinski definition) is 1. The first-order chi connectivity index (χ1) is 11.7. The molecular formula is C19H18N2O3. The second-order valence-corrected chi connectivity index (χ2v) is 5.28. The van der Waals surface area contributed by atoms with Gasteiger partial charge < -0.3 is 14.8 Å². The number of nitrogens with zero attached hydrogens (tertiary/aromatic N) is 1. The van der Waals surface area contributed by atoms with Crippen LogP contribution >= 0.6 is 0 Å². The number of fused-ring (bicyclic) bond motifs is 1. The zero-order valence-corrected chi connectivity index (χ0v) is 13.6. The zero-order chi connectivity index (χ0) is 16.9. The summed E-state index contributed by atoms with van der Waals surface area (Å²) in [6.07, 6.45) is 1.96. The summed E-state index contributed by atoms with van der Waals surface area (Å²) in [6.45, 7) is 0. The summed E-state index contributed by atoms with van der Waals surface area (Å²) in [5.74, 6) is 1.10. The van der Waals surface area contributed by atoms with Crippen LogP contribution in [-0.4, -0.2) is 25.1 Å². The third-order valence-electron chi connectivity index (χ3n) is 3.75. The summed E-state index contributed by atoms with van der Waals surface area (Å²) in [5.41, 5.74) is 2.30. The fourth-order valence-corrected chi connectivity index (χ4v) is 2.59. The van der Waals surface area contributed by atoms with Crippen molar-refractivity contribution in [2.75, 3.05) is 19.5 Å². The molecule has 1 amide bonds. The van der Waals surface area contributed by atoms with Gasteiger partial charge in [0.05, 0.1) is 31.8 Å². The van der Waals surface area contributed by atoms with E-state index in [0.29, 0.717) is 17.2 Å². The lowest BCUT2D eigenvalue weighted by Crippen LogP contribution is -2.15. The Morgan fingerprint density at radius 1 is 1.08 bits per heavy atom. The monoisotopic (exact) mass is 322 g/mol. The van der Waals surface area contributed by atoms with Crippen LogP contribution in [0.2, 0.25) is 0 Å². The van der Waals surface area contributed by atoms with Gasteiger partial charge in [-0.1, -0.05) is 24.3 Å². The van der Waals surface area contributed by atoms with Crippen molar-refractivity contribution in [3.63, 3.8) is 0 Å². The fraction of sp³-hybridized carbons (Fsp3) is 0.158. The second kappa shape index (κ2) is 7.00. The Morgan fingerprint density at radius 2 is 1.92 bits per heavy atom. The van der Waals surface area contributed by atoms with Gasteiger partial charge in [-0.25, -0.2) is 0 Å². The number of aromatic nitrogens is 1. The Kier molecular flexibility index (Phi) is 4.61. The van der Waals surface area contributed by atoms with Crippen LogP contribution in [0.4, 0.5) is 5.69 Å². The van der Waals surface area contributed by atoms with E-state index in [4.69, 9.17) is 9.47 Å². The molecule has 0 saturated carbocycles. The number of nitrogens with one attached hydrogen (secondary N) is 1. The van der Waals surface area contributed by atoms with Crippen molar-refractivity contribution in [2.24, 2.45) is 0 Å². The number of benzene rings is 2. The van der Waals surface area contributed by atoms with E-state index in [2.05, 4.69) is 10.3 Å². The van der Waals surface area contributed by atoms with Gasteiger partial charge in [-0.05, 0) is 23.8 Å². The molecule has 0 saturated heterocycles. The third-order valence-corrected chi connectivity index (χ3v) is 3.75. The molecule has 0 aliphatic heterocycles. The standard InChI is InChI=1S/C19H18N2O3/c1-23-15-8-9-17(24-2)16(12-15)21-18(22)11-14-6-3-5-13-7-4-10-20-19(13)14/h3-10,12H,11H2,1-2H3,(H,21,22). The van der Waals surface area contributed by atoms with Gasteiger partial charge in [-0.15, -0.1) is 0 Å². The zero-order valence-electron chi connectivity index (χ0n) is 13.6. The fourth-order valence-electron chi connectivity index (χ4n) is 2.59. The van der Waals surface area contributed by atoms with E-state index < -0.39 is 0 Å².